The Kier molecular flexibility index (Phi) is 5.90. The molecule has 1 aromatic heterocycles. The molecule has 0 bridgehead atoms. The third-order valence-corrected chi connectivity index (χ3v) is 6.67. The minimum Gasteiger partial charge on any atom is -0.381 e. The summed E-state index contributed by atoms with van der Waals surface area (Å²) < 4.78 is 19.8. The molecule has 2 aromatic rings. The topological polar surface area (TPSA) is 47.0 Å². The Bertz CT molecular complexity index is 745. The lowest BCUT2D eigenvalue weighted by Crippen LogP contribution is -2.22. The van der Waals surface area contributed by atoms with Gasteiger partial charge in [-0.3, -0.25) is 0 Å². The molecule has 0 atom stereocenters. The van der Waals surface area contributed by atoms with Crippen molar-refractivity contribution in [3.05, 3.63) is 30.0 Å². The first-order chi connectivity index (χ1) is 12.8. The van der Waals surface area contributed by atoms with Crippen molar-refractivity contribution in [1.82, 2.24) is 9.97 Å². The first kappa shape index (κ1) is 18.0. The smallest absolute Gasteiger partial charge is 0.147 e. The molecule has 4 rings (SSSR count). The number of nitrogens with zero attached hydrogens (tertiary/aromatic N) is 2. The summed E-state index contributed by atoms with van der Waals surface area (Å²) in [5.41, 5.74) is 1.40. The van der Waals surface area contributed by atoms with Gasteiger partial charge in [-0.1, -0.05) is 19.3 Å². The fourth-order valence-electron chi connectivity index (χ4n) is 3.77. The number of hydrogen-bond donors (Lipinski definition) is 1. The maximum atomic E-state index is 14.4. The summed E-state index contributed by atoms with van der Waals surface area (Å²) in [5, 5.41) is 4.78. The van der Waals surface area contributed by atoms with E-state index in [0.717, 1.165) is 61.4 Å². The van der Waals surface area contributed by atoms with E-state index < -0.39 is 0 Å². The quantitative estimate of drug-likeness (QED) is 0.803. The van der Waals surface area contributed by atoms with E-state index in [2.05, 4.69) is 15.3 Å². The highest BCUT2D eigenvalue weighted by molar-refractivity contribution is 7.99. The van der Waals surface area contributed by atoms with Crippen LogP contribution in [-0.2, 0) is 10.5 Å². The number of benzene rings is 1. The zero-order valence-electron chi connectivity index (χ0n) is 15.0. The van der Waals surface area contributed by atoms with Crippen LogP contribution >= 0.6 is 11.8 Å². The lowest BCUT2D eigenvalue weighted by molar-refractivity contribution is 0.1000. The molecule has 0 unspecified atom stereocenters. The van der Waals surface area contributed by atoms with Crippen LogP contribution in [0.3, 0.4) is 0 Å². The van der Waals surface area contributed by atoms with Crippen molar-refractivity contribution in [2.75, 3.05) is 18.5 Å². The Morgan fingerprint density at radius 2 is 1.92 bits per heavy atom. The van der Waals surface area contributed by atoms with E-state index >= 15 is 0 Å². The van der Waals surface area contributed by atoms with Crippen LogP contribution < -0.4 is 5.32 Å². The molecule has 1 aliphatic heterocycles. The molecule has 4 nitrogen and oxygen atoms in total. The first-order valence-electron chi connectivity index (χ1n) is 9.69. The maximum Gasteiger partial charge on any atom is 0.147 e. The Morgan fingerprint density at radius 3 is 2.73 bits per heavy atom. The fourth-order valence-corrected chi connectivity index (χ4v) is 4.82. The van der Waals surface area contributed by atoms with Gasteiger partial charge in [-0.05, 0) is 37.8 Å². The van der Waals surface area contributed by atoms with E-state index in [1.54, 1.807) is 12.3 Å². The largest absolute Gasteiger partial charge is 0.381 e. The van der Waals surface area contributed by atoms with Crippen molar-refractivity contribution in [3.63, 3.8) is 0 Å². The van der Waals surface area contributed by atoms with E-state index in [1.165, 1.54) is 19.3 Å². The van der Waals surface area contributed by atoms with Crippen molar-refractivity contribution in [2.24, 2.45) is 0 Å². The Balaban J connectivity index is 1.47. The molecule has 0 radical (unpaired) electrons. The predicted octanol–water partition coefficient (Wildman–Crippen LogP) is 4.93. The molecule has 1 aliphatic carbocycles. The van der Waals surface area contributed by atoms with Crippen LogP contribution in [0.25, 0.3) is 10.9 Å². The zero-order chi connectivity index (χ0) is 17.8. The number of halogens is 1. The van der Waals surface area contributed by atoms with Gasteiger partial charge >= 0.3 is 0 Å². The zero-order valence-corrected chi connectivity index (χ0v) is 15.9. The average Bonchev–Trinajstić information content (AvgIpc) is 2.69. The van der Waals surface area contributed by atoms with Crippen molar-refractivity contribution < 1.29 is 9.13 Å². The minimum atomic E-state index is -0.212. The molecule has 2 aliphatic rings. The molecule has 140 valence electrons. The van der Waals surface area contributed by atoms with Gasteiger partial charge in [0.15, 0.2) is 0 Å². The highest BCUT2D eigenvalue weighted by Crippen LogP contribution is 2.28. The molecule has 2 fully saturated rings. The van der Waals surface area contributed by atoms with Gasteiger partial charge in [0.2, 0.25) is 0 Å². The highest BCUT2D eigenvalue weighted by Gasteiger charge is 2.17. The summed E-state index contributed by atoms with van der Waals surface area (Å²) in [7, 11) is 0. The summed E-state index contributed by atoms with van der Waals surface area (Å²) >= 11 is 1.90. The number of nitrogens with one attached hydrogen (secondary N) is 1. The number of ether oxygens (including phenoxy) is 1. The van der Waals surface area contributed by atoms with E-state index in [4.69, 9.17) is 4.74 Å². The van der Waals surface area contributed by atoms with E-state index in [0.29, 0.717) is 17.0 Å². The third kappa shape index (κ3) is 4.46. The lowest BCUT2D eigenvalue weighted by atomic mass is 9.95. The summed E-state index contributed by atoms with van der Waals surface area (Å²) in [4.78, 5) is 9.11. The van der Waals surface area contributed by atoms with Crippen LogP contribution in [0.1, 0.15) is 50.8 Å². The Labute approximate surface area is 158 Å². The third-order valence-electron chi connectivity index (χ3n) is 5.30. The summed E-state index contributed by atoms with van der Waals surface area (Å²) in [6.45, 7) is 1.71. The monoisotopic (exact) mass is 375 g/mol. The van der Waals surface area contributed by atoms with E-state index in [9.17, 15) is 4.39 Å². The maximum absolute atomic E-state index is 14.4. The van der Waals surface area contributed by atoms with E-state index in [1.807, 2.05) is 17.8 Å². The first-order valence-corrected chi connectivity index (χ1v) is 10.7. The Hall–Kier alpha value is -1.40. The molecule has 1 N–H and O–H groups in total. The van der Waals surface area contributed by atoms with E-state index in [-0.39, 0.29) is 5.82 Å². The van der Waals surface area contributed by atoms with Gasteiger partial charge in [0.25, 0.3) is 0 Å². The second kappa shape index (κ2) is 8.53. The second-order valence-corrected chi connectivity index (χ2v) is 8.57. The van der Waals surface area contributed by atoms with Crippen molar-refractivity contribution in [1.29, 1.82) is 0 Å². The van der Waals surface area contributed by atoms with Gasteiger partial charge in [-0.25, -0.2) is 14.4 Å². The molecule has 6 heteroatoms. The number of fused-ring (bicyclic) bond motifs is 1. The average molecular weight is 376 g/mol. The second-order valence-electron chi connectivity index (χ2n) is 7.28. The Morgan fingerprint density at radius 1 is 1.12 bits per heavy atom. The van der Waals surface area contributed by atoms with Gasteiger partial charge < -0.3 is 10.1 Å². The number of rotatable bonds is 5. The summed E-state index contributed by atoms with van der Waals surface area (Å²) in [6.07, 6.45) is 9.92. The predicted molar refractivity (Wildman–Crippen MR) is 105 cm³/mol. The minimum absolute atomic E-state index is 0.212. The lowest BCUT2D eigenvalue weighted by Gasteiger charge is -2.24. The molecule has 0 spiro atoms. The standard InChI is InChI=1S/C20H26FN3OS/c21-17-10-14-12-22-20(13-26-16-6-8-25-9-7-16)24-18(14)11-19(17)23-15-4-2-1-3-5-15/h10-12,15-16,23H,1-9,13H2. The van der Waals surface area contributed by atoms with Crippen molar-refractivity contribution in [2.45, 2.75) is 62.0 Å². The van der Waals surface area contributed by atoms with Gasteiger partial charge in [0.1, 0.15) is 11.6 Å². The van der Waals surface area contributed by atoms with Crippen LogP contribution in [0, 0.1) is 5.82 Å². The molecule has 0 amide bonds. The molecule has 1 saturated carbocycles. The van der Waals surface area contributed by atoms with Crippen LogP contribution in [0.2, 0.25) is 0 Å². The summed E-state index contributed by atoms with van der Waals surface area (Å²) in [5.74, 6) is 1.41. The van der Waals surface area contributed by atoms with Gasteiger partial charge in [-0.2, -0.15) is 11.8 Å². The van der Waals surface area contributed by atoms with Gasteiger partial charge in [0, 0.05) is 36.1 Å². The number of anilines is 1. The summed E-state index contributed by atoms with van der Waals surface area (Å²) in [6, 6.07) is 3.78. The molecule has 26 heavy (non-hydrogen) atoms. The van der Waals surface area contributed by atoms with Gasteiger partial charge in [0.05, 0.1) is 17.0 Å². The SMILES string of the molecule is Fc1cc2cnc(CSC3CCOCC3)nc2cc1NC1CCCCC1. The van der Waals surface area contributed by atoms with Gasteiger partial charge in [-0.15, -0.1) is 0 Å². The molecule has 2 heterocycles. The van der Waals surface area contributed by atoms with Crippen molar-refractivity contribution >= 4 is 28.4 Å². The fraction of sp³-hybridized carbons (Fsp3) is 0.600. The molecule has 1 saturated heterocycles. The van der Waals surface area contributed by atoms with Crippen LogP contribution in [0.5, 0.6) is 0 Å². The van der Waals surface area contributed by atoms with Crippen LogP contribution in [0.4, 0.5) is 10.1 Å². The molecular formula is C20H26FN3OS. The highest BCUT2D eigenvalue weighted by atomic mass is 32.2. The van der Waals surface area contributed by atoms with Crippen LogP contribution in [-0.4, -0.2) is 34.5 Å². The number of hydrogen-bond acceptors (Lipinski definition) is 5. The normalized spacial score (nSPS) is 19.7. The number of aromatic nitrogens is 2. The van der Waals surface area contributed by atoms with Crippen LogP contribution in [0.15, 0.2) is 18.3 Å². The molecular weight excluding hydrogens is 349 g/mol. The van der Waals surface area contributed by atoms with Crippen molar-refractivity contribution in [3.8, 4) is 0 Å². The molecule has 1 aromatic carbocycles. The number of thioether (sulfide) groups is 1.